The summed E-state index contributed by atoms with van der Waals surface area (Å²) in [5.74, 6) is -0.632. The van der Waals surface area contributed by atoms with E-state index in [2.05, 4.69) is 65.1 Å². The van der Waals surface area contributed by atoms with Gasteiger partial charge in [0, 0.05) is 17.2 Å². The largest absolute Gasteiger partial charge is 0.416 e. The molecule has 0 spiro atoms. The summed E-state index contributed by atoms with van der Waals surface area (Å²) in [4.78, 5) is 0. The highest BCUT2D eigenvalue weighted by Gasteiger charge is 2.59. The molecule has 2 heterocycles. The highest BCUT2D eigenvalue weighted by atomic mass is 19.4. The minimum absolute atomic E-state index is 0.0584. The Labute approximate surface area is 219 Å². The molecule has 1 aliphatic carbocycles. The van der Waals surface area contributed by atoms with E-state index >= 15 is 0 Å². The summed E-state index contributed by atoms with van der Waals surface area (Å²) >= 11 is 0. The molecule has 0 aromatic heterocycles. The summed E-state index contributed by atoms with van der Waals surface area (Å²) in [6.07, 6.45) is -2.50. The normalized spacial score (nSPS) is 27.0. The van der Waals surface area contributed by atoms with Gasteiger partial charge in [0.2, 0.25) is 0 Å². The lowest BCUT2D eigenvalue weighted by atomic mass is 9.59. The Kier molecular flexibility index (Phi) is 5.75. The summed E-state index contributed by atoms with van der Waals surface area (Å²) < 4.78 is 44.1. The monoisotopic (exact) mass is 511 g/mol. The number of allylic oxidation sites excluding steroid dienone is 2. The quantitative estimate of drug-likeness (QED) is 0.399. The summed E-state index contributed by atoms with van der Waals surface area (Å²) in [5.41, 5.74) is 1.04. The molecule has 0 saturated carbocycles. The Balaban J connectivity index is 2.13. The average molecular weight is 512 g/mol. The van der Waals surface area contributed by atoms with Gasteiger partial charge in [-0.05, 0) is 77.3 Å². The Morgan fingerprint density at radius 3 is 2.00 bits per heavy atom. The van der Waals surface area contributed by atoms with Gasteiger partial charge in [0.15, 0.2) is 0 Å². The fourth-order valence-electron chi connectivity index (χ4n) is 7.11. The molecule has 1 aromatic carbocycles. The van der Waals surface area contributed by atoms with E-state index in [1.165, 1.54) is 31.1 Å². The van der Waals surface area contributed by atoms with Crippen LogP contribution >= 0.6 is 0 Å². The minimum Gasteiger partial charge on any atom is -0.374 e. The second kappa shape index (κ2) is 7.74. The topological polar surface area (TPSA) is 59.7 Å². The lowest BCUT2D eigenvalue weighted by Gasteiger charge is -2.44. The van der Waals surface area contributed by atoms with Crippen molar-refractivity contribution in [2.45, 2.75) is 105 Å². The zero-order chi connectivity index (χ0) is 28.1. The number of nitriles is 1. The van der Waals surface area contributed by atoms with Crippen LogP contribution in [0.3, 0.4) is 0 Å². The van der Waals surface area contributed by atoms with Crippen LogP contribution in [0.15, 0.2) is 29.4 Å². The summed E-state index contributed by atoms with van der Waals surface area (Å²) in [5, 5.41) is 22.2. The molecule has 2 N–H and O–H groups in total. The molecule has 0 saturated heterocycles. The predicted octanol–water partition coefficient (Wildman–Crippen LogP) is 8.30. The molecule has 2 bridgehead atoms. The lowest BCUT2D eigenvalue weighted by Crippen LogP contribution is -2.46. The summed E-state index contributed by atoms with van der Waals surface area (Å²) in [6, 6.07) is 6.44. The van der Waals surface area contributed by atoms with Crippen LogP contribution in [0.1, 0.15) is 104 Å². The molecule has 2 atom stereocenters. The van der Waals surface area contributed by atoms with E-state index in [4.69, 9.17) is 5.41 Å². The number of fused-ring (bicyclic) bond motifs is 6. The molecule has 6 heteroatoms. The standard InChI is InChI=1S/C31H40F3N3/c1-11-18-24(25(36)26(3,4)16-35)22(31(32,33)34)15-23-17-13-20-21(14-19(17)30(18,12-2)37-23)28(7,8)29(9,10)27(20,5)6/h13-15,18,36-37H,11-12H2,1-10H3. The number of benzene rings is 1. The van der Waals surface area contributed by atoms with Gasteiger partial charge in [0.25, 0.3) is 0 Å². The third kappa shape index (κ3) is 3.28. The maximum absolute atomic E-state index is 14.7. The van der Waals surface area contributed by atoms with Crippen LogP contribution in [0.25, 0.3) is 5.70 Å². The van der Waals surface area contributed by atoms with Crippen LogP contribution in [0.5, 0.6) is 0 Å². The van der Waals surface area contributed by atoms with E-state index in [-0.39, 0.29) is 27.5 Å². The molecule has 4 rings (SSSR count). The van der Waals surface area contributed by atoms with Gasteiger partial charge >= 0.3 is 6.18 Å². The van der Waals surface area contributed by atoms with E-state index < -0.39 is 28.6 Å². The van der Waals surface area contributed by atoms with E-state index in [1.54, 1.807) is 0 Å². The van der Waals surface area contributed by atoms with Gasteiger partial charge in [-0.1, -0.05) is 61.5 Å². The third-order valence-electron chi connectivity index (χ3n) is 10.7. The Morgan fingerprint density at radius 1 is 1.00 bits per heavy atom. The highest BCUT2D eigenvalue weighted by Crippen LogP contribution is 2.64. The van der Waals surface area contributed by atoms with Crippen molar-refractivity contribution >= 4 is 11.4 Å². The van der Waals surface area contributed by atoms with Crippen LogP contribution in [-0.4, -0.2) is 11.9 Å². The SMILES string of the molecule is CCC1C(C(=N)C(C)(C)C#N)=C(C(F)(F)F)C=C2NC1(CC)c1cc3c(cc12)C(C)(C)C(C)(C)C3(C)C. The van der Waals surface area contributed by atoms with Crippen molar-refractivity contribution in [3.63, 3.8) is 0 Å². The van der Waals surface area contributed by atoms with Crippen molar-refractivity contribution in [1.82, 2.24) is 5.32 Å². The Morgan fingerprint density at radius 2 is 1.54 bits per heavy atom. The Bertz CT molecular complexity index is 1300. The van der Waals surface area contributed by atoms with Crippen LogP contribution in [0, 0.1) is 33.5 Å². The second-order valence-electron chi connectivity index (χ2n) is 13.2. The fourth-order valence-corrected chi connectivity index (χ4v) is 7.11. The zero-order valence-electron chi connectivity index (χ0n) is 23.8. The van der Waals surface area contributed by atoms with Crippen molar-refractivity contribution in [3.05, 3.63) is 51.6 Å². The average Bonchev–Trinajstić information content (AvgIpc) is 3.07. The second-order valence-corrected chi connectivity index (χ2v) is 13.2. The van der Waals surface area contributed by atoms with Gasteiger partial charge in [-0.2, -0.15) is 18.4 Å². The molecule has 1 aromatic rings. The minimum atomic E-state index is -4.66. The molecule has 2 unspecified atom stereocenters. The first-order chi connectivity index (χ1) is 16.8. The van der Waals surface area contributed by atoms with Crippen molar-refractivity contribution in [1.29, 1.82) is 10.7 Å². The van der Waals surface area contributed by atoms with Gasteiger partial charge in [0.05, 0.1) is 28.3 Å². The Hall–Kier alpha value is -2.55. The van der Waals surface area contributed by atoms with Gasteiger partial charge in [0.1, 0.15) is 0 Å². The number of hydrogen-bond donors (Lipinski definition) is 2. The molecule has 2 aliphatic heterocycles. The highest BCUT2D eigenvalue weighted by molar-refractivity contribution is 6.06. The molecule has 3 aliphatic rings. The van der Waals surface area contributed by atoms with Gasteiger partial charge < -0.3 is 10.7 Å². The maximum Gasteiger partial charge on any atom is 0.416 e. The summed E-state index contributed by atoms with van der Waals surface area (Å²) in [7, 11) is 0. The molecule has 0 amide bonds. The van der Waals surface area contributed by atoms with Gasteiger partial charge in [-0.25, -0.2) is 0 Å². The van der Waals surface area contributed by atoms with E-state index in [0.29, 0.717) is 18.5 Å². The number of hydrogen-bond acceptors (Lipinski definition) is 3. The first-order valence-electron chi connectivity index (χ1n) is 13.3. The first-order valence-corrected chi connectivity index (χ1v) is 13.3. The van der Waals surface area contributed by atoms with E-state index in [0.717, 1.165) is 11.1 Å². The van der Waals surface area contributed by atoms with Crippen LogP contribution in [-0.2, 0) is 16.4 Å². The molecular formula is C31H40F3N3. The number of nitrogens with zero attached hydrogens (tertiary/aromatic N) is 1. The molecule has 3 nitrogen and oxygen atoms in total. The van der Waals surface area contributed by atoms with Gasteiger partial charge in [-0.15, -0.1) is 0 Å². The number of nitrogens with one attached hydrogen (secondary N) is 2. The molecule has 0 radical (unpaired) electrons. The zero-order valence-corrected chi connectivity index (χ0v) is 23.8. The van der Waals surface area contributed by atoms with Crippen molar-refractivity contribution < 1.29 is 13.2 Å². The number of rotatable bonds is 4. The van der Waals surface area contributed by atoms with Crippen LogP contribution < -0.4 is 5.32 Å². The lowest BCUT2D eigenvalue weighted by molar-refractivity contribution is -0.0891. The number of alkyl halides is 3. The molecule has 0 fully saturated rings. The predicted molar refractivity (Wildman–Crippen MR) is 143 cm³/mol. The summed E-state index contributed by atoms with van der Waals surface area (Å²) in [6.45, 7) is 20.5. The molecule has 37 heavy (non-hydrogen) atoms. The maximum atomic E-state index is 14.7. The van der Waals surface area contributed by atoms with Crippen LogP contribution in [0.4, 0.5) is 13.2 Å². The molecular weight excluding hydrogens is 471 g/mol. The molecule has 200 valence electrons. The van der Waals surface area contributed by atoms with E-state index in [9.17, 15) is 18.4 Å². The van der Waals surface area contributed by atoms with Crippen LogP contribution in [0.2, 0.25) is 0 Å². The first kappa shape index (κ1) is 27.5. The van der Waals surface area contributed by atoms with Crippen molar-refractivity contribution in [2.75, 3.05) is 0 Å². The van der Waals surface area contributed by atoms with Crippen molar-refractivity contribution in [2.24, 2.45) is 16.7 Å². The smallest absolute Gasteiger partial charge is 0.374 e. The third-order valence-corrected chi connectivity index (χ3v) is 10.7. The van der Waals surface area contributed by atoms with E-state index in [1.807, 2.05) is 13.8 Å². The van der Waals surface area contributed by atoms with Crippen molar-refractivity contribution in [3.8, 4) is 6.07 Å². The number of halogens is 3. The van der Waals surface area contributed by atoms with Gasteiger partial charge in [-0.3, -0.25) is 0 Å². The fraction of sp³-hybridized carbons (Fsp3) is 0.613.